The van der Waals surface area contributed by atoms with Crippen molar-refractivity contribution in [2.45, 2.75) is 58.0 Å². The van der Waals surface area contributed by atoms with Crippen LogP contribution in [-0.4, -0.2) is 24.6 Å². The van der Waals surface area contributed by atoms with Crippen molar-refractivity contribution in [1.29, 1.82) is 0 Å². The van der Waals surface area contributed by atoms with Crippen LogP contribution in [0.3, 0.4) is 0 Å². The van der Waals surface area contributed by atoms with Gasteiger partial charge in [0.05, 0.1) is 11.7 Å². The smallest absolute Gasteiger partial charge is 0.337 e. The molecule has 2 aromatic rings. The first kappa shape index (κ1) is 23.5. The summed E-state index contributed by atoms with van der Waals surface area (Å²) in [5.74, 6) is 0.0341. The summed E-state index contributed by atoms with van der Waals surface area (Å²) >= 11 is 6.73. The Bertz CT molecular complexity index is 1250. The molecule has 35 heavy (non-hydrogen) atoms. The first-order valence-corrected chi connectivity index (χ1v) is 12.3. The van der Waals surface area contributed by atoms with Crippen molar-refractivity contribution in [3.05, 3.63) is 81.2 Å². The Morgan fingerprint density at radius 1 is 1.17 bits per heavy atom. The van der Waals surface area contributed by atoms with E-state index >= 15 is 0 Å². The fourth-order valence-electron chi connectivity index (χ4n) is 5.07. The third-order valence-electron chi connectivity index (χ3n) is 7.00. The number of allylic oxidation sites excluding steroid dienone is 3. The molecular formula is C28H28ClNO5. The number of nitrogens with one attached hydrogen (secondary N) is 1. The predicted octanol–water partition coefficient (Wildman–Crippen LogP) is 5.77. The fourth-order valence-corrected chi connectivity index (χ4v) is 5.33. The van der Waals surface area contributed by atoms with Crippen LogP contribution in [-0.2, 0) is 14.3 Å². The summed E-state index contributed by atoms with van der Waals surface area (Å²) in [5.41, 5.74) is 4.21. The minimum Gasteiger partial charge on any atom is -0.459 e. The molecule has 0 fully saturated rings. The second kappa shape index (κ2) is 9.42. The second-order valence-electron chi connectivity index (χ2n) is 9.28. The van der Waals surface area contributed by atoms with Crippen LogP contribution in [0.5, 0.6) is 11.5 Å². The molecule has 2 heterocycles. The number of dihydropyridines is 1. The zero-order valence-electron chi connectivity index (χ0n) is 20.0. The van der Waals surface area contributed by atoms with Crippen LogP contribution < -0.4 is 14.8 Å². The maximum Gasteiger partial charge on any atom is 0.337 e. The first-order valence-electron chi connectivity index (χ1n) is 12.0. The van der Waals surface area contributed by atoms with Gasteiger partial charge in [-0.3, -0.25) is 4.79 Å². The molecule has 0 bridgehead atoms. The van der Waals surface area contributed by atoms with Crippen LogP contribution in [0.2, 0.25) is 5.02 Å². The summed E-state index contributed by atoms with van der Waals surface area (Å²) in [6.07, 6.45) is 1.45. The Labute approximate surface area is 209 Å². The SMILES string of the molecule is CC[C@H](C)OC(=O)C1=C(C)NC2=C(C(=O)C[C@H](c3ccccc3)C2)[C@@H]1c1cc2c(cc1Cl)OCO2. The molecule has 0 saturated carbocycles. The van der Waals surface area contributed by atoms with Gasteiger partial charge in [0.1, 0.15) is 0 Å². The second-order valence-corrected chi connectivity index (χ2v) is 9.69. The van der Waals surface area contributed by atoms with Crippen LogP contribution >= 0.6 is 11.6 Å². The molecule has 1 N–H and O–H groups in total. The number of hydrogen-bond acceptors (Lipinski definition) is 6. The van der Waals surface area contributed by atoms with Gasteiger partial charge in [-0.15, -0.1) is 0 Å². The van der Waals surface area contributed by atoms with Crippen molar-refractivity contribution in [3.63, 3.8) is 0 Å². The number of hydrogen-bond donors (Lipinski definition) is 1. The third-order valence-corrected chi connectivity index (χ3v) is 7.33. The van der Waals surface area contributed by atoms with E-state index in [2.05, 4.69) is 17.4 Å². The van der Waals surface area contributed by atoms with E-state index in [1.807, 2.05) is 39.0 Å². The molecule has 0 spiro atoms. The minimum atomic E-state index is -0.658. The van der Waals surface area contributed by atoms with Crippen LogP contribution in [0.1, 0.15) is 63.0 Å². The summed E-state index contributed by atoms with van der Waals surface area (Å²) in [5, 5.41) is 3.79. The lowest BCUT2D eigenvalue weighted by molar-refractivity contribution is -0.144. The number of ether oxygens (including phenoxy) is 3. The molecule has 3 aliphatic rings. The standard InChI is InChI=1S/C28H28ClNO5/c1-4-15(2)35-28(32)25-16(3)30-21-10-18(17-8-6-5-7-9-17)11-22(31)27(21)26(25)19-12-23-24(13-20(19)29)34-14-33-23/h5-9,12-13,15,18,26,30H,4,10-11,14H2,1-3H3/t15-,18+,26+/m0/s1. The van der Waals surface area contributed by atoms with Crippen LogP contribution in [0.4, 0.5) is 0 Å². The maximum atomic E-state index is 13.7. The zero-order chi connectivity index (χ0) is 24.7. The van der Waals surface area contributed by atoms with E-state index in [4.69, 9.17) is 25.8 Å². The average molecular weight is 494 g/mol. The van der Waals surface area contributed by atoms with Crippen LogP contribution in [0, 0.1) is 0 Å². The summed E-state index contributed by atoms with van der Waals surface area (Å²) in [7, 11) is 0. The highest BCUT2D eigenvalue weighted by Crippen LogP contribution is 2.49. The van der Waals surface area contributed by atoms with E-state index in [1.165, 1.54) is 0 Å². The van der Waals surface area contributed by atoms with E-state index in [0.29, 0.717) is 58.2 Å². The number of benzene rings is 2. The molecule has 0 saturated heterocycles. The molecule has 3 atom stereocenters. The predicted molar refractivity (Wildman–Crippen MR) is 132 cm³/mol. The molecule has 6 nitrogen and oxygen atoms in total. The monoisotopic (exact) mass is 493 g/mol. The number of rotatable bonds is 5. The number of carbonyl (C=O) groups is 2. The Hall–Kier alpha value is -3.25. The Morgan fingerprint density at radius 3 is 2.60 bits per heavy atom. The molecule has 0 unspecified atom stereocenters. The molecular weight excluding hydrogens is 466 g/mol. The highest BCUT2D eigenvalue weighted by molar-refractivity contribution is 6.32. The number of Topliss-reactive ketones (excluding diaryl/α,β-unsaturated/α-hetero) is 1. The largest absolute Gasteiger partial charge is 0.459 e. The molecule has 2 aromatic carbocycles. The van der Waals surface area contributed by atoms with Gasteiger partial charge in [0.15, 0.2) is 17.3 Å². The highest BCUT2D eigenvalue weighted by Gasteiger charge is 2.43. The van der Waals surface area contributed by atoms with Crippen molar-refractivity contribution in [2.75, 3.05) is 6.79 Å². The maximum absolute atomic E-state index is 13.7. The lowest BCUT2D eigenvalue weighted by atomic mass is 9.71. The quantitative estimate of drug-likeness (QED) is 0.533. The molecule has 5 rings (SSSR count). The summed E-state index contributed by atoms with van der Waals surface area (Å²) in [4.78, 5) is 27.1. The summed E-state index contributed by atoms with van der Waals surface area (Å²) in [6.45, 7) is 5.76. The van der Waals surface area contributed by atoms with Crippen molar-refractivity contribution in [2.24, 2.45) is 0 Å². The van der Waals surface area contributed by atoms with Crippen LogP contribution in [0.25, 0.3) is 0 Å². The van der Waals surface area contributed by atoms with E-state index in [-0.39, 0.29) is 24.6 Å². The van der Waals surface area contributed by atoms with Gasteiger partial charge >= 0.3 is 5.97 Å². The number of esters is 1. The molecule has 2 aliphatic heterocycles. The lowest BCUT2D eigenvalue weighted by Crippen LogP contribution is -2.36. The van der Waals surface area contributed by atoms with Gasteiger partial charge in [0.2, 0.25) is 6.79 Å². The number of carbonyl (C=O) groups excluding carboxylic acids is 2. The average Bonchev–Trinajstić information content (AvgIpc) is 3.30. The molecule has 7 heteroatoms. The molecule has 182 valence electrons. The van der Waals surface area contributed by atoms with Gasteiger partial charge in [-0.2, -0.15) is 0 Å². The van der Waals surface area contributed by atoms with Crippen molar-refractivity contribution in [1.82, 2.24) is 5.32 Å². The van der Waals surface area contributed by atoms with Gasteiger partial charge in [0, 0.05) is 40.4 Å². The lowest BCUT2D eigenvalue weighted by Gasteiger charge is -2.37. The van der Waals surface area contributed by atoms with Gasteiger partial charge < -0.3 is 19.5 Å². The Kier molecular flexibility index (Phi) is 6.32. The Balaban J connectivity index is 1.62. The molecule has 0 radical (unpaired) electrons. The first-order chi connectivity index (χ1) is 16.9. The van der Waals surface area contributed by atoms with Gasteiger partial charge in [-0.25, -0.2) is 4.79 Å². The van der Waals surface area contributed by atoms with Crippen molar-refractivity contribution < 1.29 is 23.8 Å². The fraction of sp³-hybridized carbons (Fsp3) is 0.357. The van der Waals surface area contributed by atoms with E-state index < -0.39 is 11.9 Å². The normalized spacial score (nSPS) is 22.0. The van der Waals surface area contributed by atoms with Crippen molar-refractivity contribution in [3.8, 4) is 11.5 Å². The van der Waals surface area contributed by atoms with Crippen LogP contribution in [0.15, 0.2) is 65.0 Å². The number of halogens is 1. The molecule has 1 aliphatic carbocycles. The summed E-state index contributed by atoms with van der Waals surface area (Å²) in [6, 6.07) is 13.5. The Morgan fingerprint density at radius 2 is 1.89 bits per heavy atom. The third kappa shape index (κ3) is 4.31. The van der Waals surface area contributed by atoms with Crippen molar-refractivity contribution >= 4 is 23.4 Å². The molecule has 0 amide bonds. The van der Waals surface area contributed by atoms with Gasteiger partial charge in [0.25, 0.3) is 0 Å². The number of fused-ring (bicyclic) bond motifs is 1. The zero-order valence-corrected chi connectivity index (χ0v) is 20.8. The van der Waals surface area contributed by atoms with E-state index in [9.17, 15) is 9.59 Å². The van der Waals surface area contributed by atoms with E-state index in [0.717, 1.165) is 11.3 Å². The topological polar surface area (TPSA) is 73.9 Å². The summed E-state index contributed by atoms with van der Waals surface area (Å²) < 4.78 is 16.8. The minimum absolute atomic E-state index is 0.00678. The van der Waals surface area contributed by atoms with Gasteiger partial charge in [-0.1, -0.05) is 48.9 Å². The number of ketones is 1. The molecule has 0 aromatic heterocycles. The van der Waals surface area contributed by atoms with Gasteiger partial charge in [-0.05, 0) is 49.8 Å². The van der Waals surface area contributed by atoms with E-state index in [1.54, 1.807) is 12.1 Å². The highest BCUT2D eigenvalue weighted by atomic mass is 35.5.